The molecule has 2 unspecified atom stereocenters. The molecule has 4 nitrogen and oxygen atoms in total. The lowest BCUT2D eigenvalue weighted by atomic mass is 10.0. The van der Waals surface area contributed by atoms with Gasteiger partial charge in [0.05, 0.1) is 36.5 Å². The zero-order chi connectivity index (χ0) is 12.0. The molecular weight excluding hydrogens is 223 g/mol. The highest BCUT2D eigenvalue weighted by Crippen LogP contribution is 2.34. The van der Waals surface area contributed by atoms with E-state index in [1.807, 2.05) is 11.9 Å². The standard InChI is InChI=1S/C12H13FN2O2/c1-15-10-3-2-7(13)4-9(10)14-12(16)8-5-17-6-11(8)15/h2-4,8,11H,5-6H2,1H3,(H,14,16). The minimum atomic E-state index is -0.347. The van der Waals surface area contributed by atoms with Gasteiger partial charge in [-0.1, -0.05) is 0 Å². The Kier molecular flexibility index (Phi) is 2.29. The largest absolute Gasteiger partial charge is 0.378 e. The maximum absolute atomic E-state index is 13.2. The SMILES string of the molecule is CN1c2ccc(F)cc2NC(=O)C2COCC21. The van der Waals surface area contributed by atoms with Crippen LogP contribution in [0.2, 0.25) is 0 Å². The number of rotatable bonds is 0. The van der Waals surface area contributed by atoms with E-state index in [1.165, 1.54) is 12.1 Å². The molecule has 1 fully saturated rings. The van der Waals surface area contributed by atoms with Crippen LogP contribution in [0.4, 0.5) is 15.8 Å². The van der Waals surface area contributed by atoms with Crippen LogP contribution in [0.5, 0.6) is 0 Å². The Morgan fingerprint density at radius 2 is 2.29 bits per heavy atom. The van der Waals surface area contributed by atoms with E-state index in [4.69, 9.17) is 4.74 Å². The third-order valence-corrected chi connectivity index (χ3v) is 3.48. The minimum absolute atomic E-state index is 0.0294. The molecule has 1 aromatic carbocycles. The number of amides is 1. The van der Waals surface area contributed by atoms with Crippen molar-refractivity contribution in [3.05, 3.63) is 24.0 Å². The summed E-state index contributed by atoms with van der Waals surface area (Å²) in [4.78, 5) is 14.0. The number of nitrogens with zero attached hydrogens (tertiary/aromatic N) is 1. The molecule has 0 spiro atoms. The fourth-order valence-corrected chi connectivity index (χ4v) is 2.50. The van der Waals surface area contributed by atoms with Crippen molar-refractivity contribution in [1.29, 1.82) is 0 Å². The Bertz CT molecular complexity index is 478. The number of fused-ring (bicyclic) bond motifs is 2. The van der Waals surface area contributed by atoms with Crippen molar-refractivity contribution in [2.45, 2.75) is 6.04 Å². The summed E-state index contributed by atoms with van der Waals surface area (Å²) in [5, 5.41) is 2.76. The van der Waals surface area contributed by atoms with Gasteiger partial charge in [-0.25, -0.2) is 4.39 Å². The number of hydrogen-bond acceptors (Lipinski definition) is 3. The van der Waals surface area contributed by atoms with Gasteiger partial charge in [-0.15, -0.1) is 0 Å². The molecule has 2 aliphatic heterocycles. The topological polar surface area (TPSA) is 41.6 Å². The third kappa shape index (κ3) is 1.58. The van der Waals surface area contributed by atoms with Crippen LogP contribution in [-0.4, -0.2) is 32.2 Å². The van der Waals surface area contributed by atoms with E-state index in [-0.39, 0.29) is 23.7 Å². The number of nitrogens with one attached hydrogen (secondary N) is 1. The van der Waals surface area contributed by atoms with E-state index in [1.54, 1.807) is 6.07 Å². The van der Waals surface area contributed by atoms with Crippen LogP contribution in [0, 0.1) is 11.7 Å². The summed E-state index contributed by atoms with van der Waals surface area (Å²) in [6.45, 7) is 0.961. The Balaban J connectivity index is 2.08. The summed E-state index contributed by atoms with van der Waals surface area (Å²) in [6.07, 6.45) is 0. The number of anilines is 2. The van der Waals surface area contributed by atoms with Gasteiger partial charge < -0.3 is 15.0 Å². The monoisotopic (exact) mass is 236 g/mol. The number of hydrogen-bond donors (Lipinski definition) is 1. The third-order valence-electron chi connectivity index (χ3n) is 3.48. The molecule has 0 aliphatic carbocycles. The lowest BCUT2D eigenvalue weighted by Crippen LogP contribution is -2.40. The lowest BCUT2D eigenvalue weighted by molar-refractivity contribution is -0.120. The van der Waals surface area contributed by atoms with Crippen molar-refractivity contribution < 1.29 is 13.9 Å². The second-order valence-electron chi connectivity index (χ2n) is 4.47. The van der Waals surface area contributed by atoms with Gasteiger partial charge in [0.2, 0.25) is 5.91 Å². The first kappa shape index (κ1) is 10.5. The first-order valence-corrected chi connectivity index (χ1v) is 5.58. The van der Waals surface area contributed by atoms with E-state index in [0.29, 0.717) is 18.9 Å². The summed E-state index contributed by atoms with van der Waals surface area (Å²) in [6, 6.07) is 4.47. The lowest BCUT2D eigenvalue weighted by Gasteiger charge is -2.26. The number of benzene rings is 1. The number of carbonyl (C=O) groups is 1. The Morgan fingerprint density at radius 3 is 3.12 bits per heavy atom. The normalized spacial score (nSPS) is 27.2. The van der Waals surface area contributed by atoms with Gasteiger partial charge >= 0.3 is 0 Å². The van der Waals surface area contributed by atoms with Crippen molar-refractivity contribution in [2.24, 2.45) is 5.92 Å². The molecule has 0 aromatic heterocycles. The van der Waals surface area contributed by atoms with Gasteiger partial charge in [-0.2, -0.15) is 0 Å². The highest BCUT2D eigenvalue weighted by Gasteiger charge is 2.39. The van der Waals surface area contributed by atoms with Crippen molar-refractivity contribution >= 4 is 17.3 Å². The molecule has 0 bridgehead atoms. The van der Waals surface area contributed by atoms with Crippen LogP contribution < -0.4 is 10.2 Å². The van der Waals surface area contributed by atoms with Crippen molar-refractivity contribution in [1.82, 2.24) is 0 Å². The molecule has 90 valence electrons. The first-order valence-electron chi connectivity index (χ1n) is 5.58. The average Bonchev–Trinajstić information content (AvgIpc) is 2.74. The predicted octanol–water partition coefficient (Wildman–Crippen LogP) is 1.23. The molecular formula is C12H13FN2O2. The fourth-order valence-electron chi connectivity index (χ4n) is 2.50. The van der Waals surface area contributed by atoms with E-state index >= 15 is 0 Å². The first-order chi connectivity index (χ1) is 8.16. The van der Waals surface area contributed by atoms with Crippen molar-refractivity contribution in [3.8, 4) is 0 Å². The van der Waals surface area contributed by atoms with Crippen LogP contribution in [0.15, 0.2) is 18.2 Å². The minimum Gasteiger partial charge on any atom is -0.378 e. The summed E-state index contributed by atoms with van der Waals surface area (Å²) in [5.74, 6) is -0.625. The highest BCUT2D eigenvalue weighted by molar-refractivity contribution is 5.98. The van der Waals surface area contributed by atoms with Crippen LogP contribution in [0.1, 0.15) is 0 Å². The number of halogens is 1. The van der Waals surface area contributed by atoms with Crippen molar-refractivity contribution in [2.75, 3.05) is 30.5 Å². The maximum atomic E-state index is 13.2. The van der Waals surface area contributed by atoms with Crippen LogP contribution in [0.3, 0.4) is 0 Å². The van der Waals surface area contributed by atoms with Gasteiger partial charge in [-0.3, -0.25) is 4.79 Å². The Morgan fingerprint density at radius 1 is 1.47 bits per heavy atom. The van der Waals surface area contributed by atoms with E-state index in [2.05, 4.69) is 5.32 Å². The van der Waals surface area contributed by atoms with E-state index in [9.17, 15) is 9.18 Å². The Labute approximate surface area is 98.4 Å². The van der Waals surface area contributed by atoms with Gasteiger partial charge in [0.1, 0.15) is 5.82 Å². The number of ether oxygens (including phenoxy) is 1. The van der Waals surface area contributed by atoms with Crippen LogP contribution in [-0.2, 0) is 9.53 Å². The summed E-state index contributed by atoms with van der Waals surface area (Å²) in [7, 11) is 1.91. The van der Waals surface area contributed by atoms with E-state index < -0.39 is 0 Å². The molecule has 2 heterocycles. The number of likely N-dealkylation sites (N-methyl/N-ethyl adjacent to an activating group) is 1. The number of carbonyl (C=O) groups excluding carboxylic acids is 1. The summed E-state index contributed by atoms with van der Waals surface area (Å²) >= 11 is 0. The molecule has 1 N–H and O–H groups in total. The molecule has 1 aromatic rings. The van der Waals surface area contributed by atoms with Crippen LogP contribution in [0.25, 0.3) is 0 Å². The smallest absolute Gasteiger partial charge is 0.232 e. The molecule has 5 heteroatoms. The zero-order valence-corrected chi connectivity index (χ0v) is 9.44. The van der Waals surface area contributed by atoms with Crippen molar-refractivity contribution in [3.63, 3.8) is 0 Å². The zero-order valence-electron chi connectivity index (χ0n) is 9.44. The van der Waals surface area contributed by atoms with E-state index in [0.717, 1.165) is 5.69 Å². The van der Waals surface area contributed by atoms with Gasteiger partial charge in [-0.05, 0) is 18.2 Å². The Hall–Kier alpha value is -1.62. The molecule has 0 saturated carbocycles. The molecule has 17 heavy (non-hydrogen) atoms. The van der Waals surface area contributed by atoms with Gasteiger partial charge in [0.25, 0.3) is 0 Å². The van der Waals surface area contributed by atoms with Gasteiger partial charge in [0, 0.05) is 7.05 Å². The highest BCUT2D eigenvalue weighted by atomic mass is 19.1. The van der Waals surface area contributed by atoms with Gasteiger partial charge in [0.15, 0.2) is 0 Å². The quantitative estimate of drug-likeness (QED) is 0.736. The molecule has 2 atom stereocenters. The summed E-state index contributed by atoms with van der Waals surface area (Å²) in [5.41, 5.74) is 1.37. The average molecular weight is 236 g/mol. The second-order valence-corrected chi connectivity index (χ2v) is 4.47. The van der Waals surface area contributed by atoms with Crippen LogP contribution >= 0.6 is 0 Å². The second kappa shape index (κ2) is 3.70. The molecule has 1 saturated heterocycles. The molecule has 0 radical (unpaired) electrons. The fraction of sp³-hybridized carbons (Fsp3) is 0.417. The molecule has 2 aliphatic rings. The maximum Gasteiger partial charge on any atom is 0.232 e. The summed E-state index contributed by atoms with van der Waals surface area (Å²) < 4.78 is 18.5. The molecule has 1 amide bonds. The molecule has 3 rings (SSSR count). The predicted molar refractivity (Wildman–Crippen MR) is 61.5 cm³/mol.